The maximum absolute atomic E-state index is 11.8. The number of carbonyl (C=O) groups is 1. The van der Waals surface area contributed by atoms with Crippen molar-refractivity contribution in [2.24, 2.45) is 0 Å². The van der Waals surface area contributed by atoms with Gasteiger partial charge in [-0.15, -0.1) is 0 Å². The molecule has 18 heavy (non-hydrogen) atoms. The van der Waals surface area contributed by atoms with E-state index in [1.807, 2.05) is 30.3 Å². The van der Waals surface area contributed by atoms with E-state index in [1.54, 1.807) is 0 Å². The van der Waals surface area contributed by atoms with Crippen molar-refractivity contribution in [2.45, 2.75) is 38.1 Å². The smallest absolute Gasteiger partial charge is 0.230 e. The van der Waals surface area contributed by atoms with Crippen LogP contribution in [0.5, 0.6) is 0 Å². The lowest BCUT2D eigenvalue weighted by atomic mass is 10.1. The van der Waals surface area contributed by atoms with E-state index >= 15 is 0 Å². The summed E-state index contributed by atoms with van der Waals surface area (Å²) in [6.45, 7) is 0. The van der Waals surface area contributed by atoms with Crippen LogP contribution < -0.4 is 10.6 Å². The Bertz CT molecular complexity index is 413. The normalized spacial score (nSPS) is 15.3. The van der Waals surface area contributed by atoms with Gasteiger partial charge in [-0.25, -0.2) is 0 Å². The third-order valence-electron chi connectivity index (χ3n) is 3.15. The first-order valence-corrected chi connectivity index (χ1v) is 6.79. The van der Waals surface area contributed by atoms with Gasteiger partial charge in [-0.05, 0) is 30.6 Å². The number of carbonyl (C=O) groups excluding carboxylic acids is 1. The molecule has 0 unspecified atom stereocenters. The van der Waals surface area contributed by atoms with Crippen LogP contribution in [0, 0.1) is 0 Å². The standard InChI is InChI=1S/C14H18N2OS/c17-13(10-11-6-2-1-3-7-11)16-14(18)15-12-8-4-5-9-12/h1-3,6-7,12H,4-5,8-10H2,(H2,15,16,17,18). The first-order valence-electron chi connectivity index (χ1n) is 6.38. The summed E-state index contributed by atoms with van der Waals surface area (Å²) in [6, 6.07) is 10.1. The maximum Gasteiger partial charge on any atom is 0.230 e. The molecule has 1 aliphatic rings. The molecule has 4 heteroatoms. The van der Waals surface area contributed by atoms with E-state index in [0.29, 0.717) is 17.6 Å². The van der Waals surface area contributed by atoms with Crippen molar-refractivity contribution in [1.29, 1.82) is 0 Å². The molecule has 96 valence electrons. The Hall–Kier alpha value is -1.42. The second-order valence-electron chi connectivity index (χ2n) is 4.67. The zero-order valence-corrected chi connectivity index (χ0v) is 11.1. The molecule has 0 saturated heterocycles. The number of thiocarbonyl (C=S) groups is 1. The van der Waals surface area contributed by atoms with Crippen LogP contribution in [0.15, 0.2) is 30.3 Å². The Labute approximate surface area is 113 Å². The van der Waals surface area contributed by atoms with Gasteiger partial charge in [-0.2, -0.15) is 0 Å². The zero-order valence-electron chi connectivity index (χ0n) is 10.3. The second-order valence-corrected chi connectivity index (χ2v) is 5.07. The van der Waals surface area contributed by atoms with E-state index in [4.69, 9.17) is 12.2 Å². The van der Waals surface area contributed by atoms with Crippen molar-refractivity contribution >= 4 is 23.2 Å². The molecule has 0 heterocycles. The van der Waals surface area contributed by atoms with E-state index in [-0.39, 0.29) is 5.91 Å². The molecule has 0 aliphatic heterocycles. The van der Waals surface area contributed by atoms with Gasteiger partial charge in [0.05, 0.1) is 6.42 Å². The lowest BCUT2D eigenvalue weighted by Gasteiger charge is -2.14. The van der Waals surface area contributed by atoms with Gasteiger partial charge in [0.15, 0.2) is 5.11 Å². The minimum Gasteiger partial charge on any atom is -0.360 e. The van der Waals surface area contributed by atoms with E-state index in [1.165, 1.54) is 12.8 Å². The number of benzene rings is 1. The SMILES string of the molecule is O=C(Cc1ccccc1)NC(=S)NC1CCCC1. The van der Waals surface area contributed by atoms with Crippen LogP contribution in [0.4, 0.5) is 0 Å². The van der Waals surface area contributed by atoms with Gasteiger partial charge in [-0.1, -0.05) is 43.2 Å². The highest BCUT2D eigenvalue weighted by Crippen LogP contribution is 2.17. The Morgan fingerprint density at radius 3 is 2.56 bits per heavy atom. The summed E-state index contributed by atoms with van der Waals surface area (Å²) in [5, 5.41) is 6.39. The third kappa shape index (κ3) is 4.11. The first kappa shape index (κ1) is 13.0. The van der Waals surface area contributed by atoms with Crippen molar-refractivity contribution in [3.63, 3.8) is 0 Å². The average Bonchev–Trinajstić information content (AvgIpc) is 2.82. The van der Waals surface area contributed by atoms with Crippen molar-refractivity contribution in [3.05, 3.63) is 35.9 Å². The number of nitrogens with one attached hydrogen (secondary N) is 2. The Morgan fingerprint density at radius 1 is 1.22 bits per heavy atom. The summed E-state index contributed by atoms with van der Waals surface area (Å²) < 4.78 is 0. The fourth-order valence-corrected chi connectivity index (χ4v) is 2.52. The first-order chi connectivity index (χ1) is 8.74. The summed E-state index contributed by atoms with van der Waals surface area (Å²) >= 11 is 5.14. The molecule has 1 aromatic rings. The van der Waals surface area contributed by atoms with Crippen LogP contribution >= 0.6 is 12.2 Å². The van der Waals surface area contributed by atoms with Gasteiger partial charge in [0, 0.05) is 6.04 Å². The van der Waals surface area contributed by atoms with E-state index in [0.717, 1.165) is 18.4 Å². The fourth-order valence-electron chi connectivity index (χ4n) is 2.24. The highest BCUT2D eigenvalue weighted by molar-refractivity contribution is 7.80. The Kier molecular flexibility index (Phi) is 4.70. The molecule has 0 atom stereocenters. The predicted octanol–water partition coefficient (Wildman–Crippen LogP) is 2.16. The molecule has 0 bridgehead atoms. The third-order valence-corrected chi connectivity index (χ3v) is 3.37. The monoisotopic (exact) mass is 262 g/mol. The minimum absolute atomic E-state index is 0.0586. The molecular weight excluding hydrogens is 244 g/mol. The molecule has 1 fully saturated rings. The van der Waals surface area contributed by atoms with E-state index in [9.17, 15) is 4.79 Å². The molecule has 2 rings (SSSR count). The molecule has 3 nitrogen and oxygen atoms in total. The van der Waals surface area contributed by atoms with Crippen molar-refractivity contribution in [1.82, 2.24) is 10.6 Å². The van der Waals surface area contributed by atoms with Crippen LogP contribution in [0.3, 0.4) is 0 Å². The van der Waals surface area contributed by atoms with Crippen LogP contribution in [0.25, 0.3) is 0 Å². The fraction of sp³-hybridized carbons (Fsp3) is 0.429. The van der Waals surface area contributed by atoms with Crippen LogP contribution in [0.1, 0.15) is 31.2 Å². The maximum atomic E-state index is 11.8. The van der Waals surface area contributed by atoms with Gasteiger partial charge in [0.2, 0.25) is 5.91 Å². The molecule has 0 aromatic heterocycles. The van der Waals surface area contributed by atoms with Gasteiger partial charge in [-0.3, -0.25) is 4.79 Å². The summed E-state index contributed by atoms with van der Waals surface area (Å²) in [7, 11) is 0. The summed E-state index contributed by atoms with van der Waals surface area (Å²) in [6.07, 6.45) is 5.16. The number of hydrogen-bond acceptors (Lipinski definition) is 2. The summed E-state index contributed by atoms with van der Waals surface area (Å²) in [4.78, 5) is 11.8. The lowest BCUT2D eigenvalue weighted by molar-refractivity contribution is -0.119. The Balaban J connectivity index is 1.75. The summed E-state index contributed by atoms with van der Waals surface area (Å²) in [5.74, 6) is -0.0586. The minimum atomic E-state index is -0.0586. The molecule has 0 radical (unpaired) electrons. The second kappa shape index (κ2) is 6.50. The molecular formula is C14H18N2OS. The Morgan fingerprint density at radius 2 is 1.89 bits per heavy atom. The van der Waals surface area contributed by atoms with Crippen molar-refractivity contribution < 1.29 is 4.79 Å². The van der Waals surface area contributed by atoms with Crippen LogP contribution in [-0.4, -0.2) is 17.1 Å². The van der Waals surface area contributed by atoms with Crippen molar-refractivity contribution in [2.75, 3.05) is 0 Å². The summed E-state index contributed by atoms with van der Waals surface area (Å²) in [5.41, 5.74) is 0.999. The molecule has 0 spiro atoms. The molecule has 2 N–H and O–H groups in total. The highest BCUT2D eigenvalue weighted by atomic mass is 32.1. The van der Waals surface area contributed by atoms with Crippen LogP contribution in [0.2, 0.25) is 0 Å². The van der Waals surface area contributed by atoms with Gasteiger partial charge >= 0.3 is 0 Å². The topological polar surface area (TPSA) is 41.1 Å². The van der Waals surface area contributed by atoms with Gasteiger partial charge in [0.25, 0.3) is 0 Å². The average molecular weight is 262 g/mol. The molecule has 1 amide bonds. The van der Waals surface area contributed by atoms with Crippen molar-refractivity contribution in [3.8, 4) is 0 Å². The molecule has 1 aliphatic carbocycles. The number of rotatable bonds is 3. The number of hydrogen-bond donors (Lipinski definition) is 2. The quantitative estimate of drug-likeness (QED) is 0.820. The van der Waals surface area contributed by atoms with E-state index in [2.05, 4.69) is 10.6 Å². The molecule has 1 saturated carbocycles. The lowest BCUT2D eigenvalue weighted by Crippen LogP contribution is -2.43. The van der Waals surface area contributed by atoms with E-state index < -0.39 is 0 Å². The van der Waals surface area contributed by atoms with Gasteiger partial charge in [0.1, 0.15) is 0 Å². The largest absolute Gasteiger partial charge is 0.360 e. The molecule has 1 aromatic carbocycles. The highest BCUT2D eigenvalue weighted by Gasteiger charge is 2.16. The zero-order chi connectivity index (χ0) is 12.8. The number of amides is 1. The predicted molar refractivity (Wildman–Crippen MR) is 76.3 cm³/mol. The van der Waals surface area contributed by atoms with Gasteiger partial charge < -0.3 is 10.6 Å². The van der Waals surface area contributed by atoms with Crippen LogP contribution in [-0.2, 0) is 11.2 Å².